The normalized spacial score (nSPS) is 14.3. The summed E-state index contributed by atoms with van der Waals surface area (Å²) in [5.41, 5.74) is 4.21. The van der Waals surface area contributed by atoms with Crippen LogP contribution in [0, 0.1) is 0 Å². The molecule has 8 nitrogen and oxygen atoms in total. The monoisotopic (exact) mass is 463 g/mol. The fraction of sp³-hybridized carbons (Fsp3) is 0.292. The first kappa shape index (κ1) is 21.5. The topological polar surface area (TPSA) is 110 Å². The predicted molar refractivity (Wildman–Crippen MR) is 125 cm³/mol. The maximum absolute atomic E-state index is 12.5. The summed E-state index contributed by atoms with van der Waals surface area (Å²) in [5.74, 6) is 1.62. The number of pyridine rings is 2. The van der Waals surface area contributed by atoms with Crippen LogP contribution in [0.1, 0.15) is 30.8 Å². The van der Waals surface area contributed by atoms with Crippen LogP contribution in [0.15, 0.2) is 59.8 Å². The Labute approximate surface area is 192 Å². The van der Waals surface area contributed by atoms with Gasteiger partial charge in [-0.3, -0.25) is 4.98 Å². The molecule has 1 fully saturated rings. The van der Waals surface area contributed by atoms with Gasteiger partial charge < -0.3 is 9.72 Å². The second kappa shape index (κ2) is 8.92. The van der Waals surface area contributed by atoms with Crippen molar-refractivity contribution in [2.75, 3.05) is 7.11 Å². The lowest BCUT2D eigenvalue weighted by Gasteiger charge is -2.26. The zero-order valence-corrected chi connectivity index (χ0v) is 19.1. The maximum atomic E-state index is 12.5. The highest BCUT2D eigenvalue weighted by Gasteiger charge is 2.24. The minimum Gasteiger partial charge on any atom is -0.497 e. The number of benzene rings is 1. The number of nitrogens with one attached hydrogen (secondary N) is 2. The first-order valence-corrected chi connectivity index (χ1v) is 12.4. The molecule has 0 spiro atoms. The number of aryl methyl sites for hydroxylation is 2. The third-order valence-electron chi connectivity index (χ3n) is 5.95. The van der Waals surface area contributed by atoms with Crippen molar-refractivity contribution in [1.29, 1.82) is 0 Å². The number of sulfonamides is 1. The van der Waals surface area contributed by atoms with Crippen molar-refractivity contribution in [2.24, 2.45) is 0 Å². The molecule has 5 rings (SSSR count). The fourth-order valence-corrected chi connectivity index (χ4v) is 5.14. The third-order valence-corrected chi connectivity index (χ3v) is 7.49. The van der Waals surface area contributed by atoms with Gasteiger partial charge in [0.25, 0.3) is 0 Å². The van der Waals surface area contributed by atoms with E-state index in [1.54, 1.807) is 31.6 Å². The number of hydrogen-bond donors (Lipinski definition) is 2. The second-order valence-electron chi connectivity index (χ2n) is 8.24. The molecular weight excluding hydrogens is 438 g/mol. The fourth-order valence-electron chi connectivity index (χ4n) is 3.83. The van der Waals surface area contributed by atoms with Crippen molar-refractivity contribution in [2.45, 2.75) is 43.0 Å². The quantitative estimate of drug-likeness (QED) is 0.413. The highest BCUT2D eigenvalue weighted by molar-refractivity contribution is 7.89. The number of fused-ring (bicyclic) bond motifs is 1. The first-order valence-electron chi connectivity index (χ1n) is 11.0. The Bertz CT molecular complexity index is 1380. The molecular formula is C24H25N5O3S. The summed E-state index contributed by atoms with van der Waals surface area (Å²) >= 11 is 0. The van der Waals surface area contributed by atoms with E-state index in [2.05, 4.69) is 24.7 Å². The number of H-pyrrole nitrogens is 1. The van der Waals surface area contributed by atoms with E-state index in [4.69, 9.17) is 4.74 Å². The maximum Gasteiger partial charge on any atom is 0.240 e. The van der Waals surface area contributed by atoms with Crippen LogP contribution in [0.5, 0.6) is 5.75 Å². The van der Waals surface area contributed by atoms with Crippen molar-refractivity contribution < 1.29 is 13.2 Å². The molecule has 0 amide bonds. The van der Waals surface area contributed by atoms with Crippen LogP contribution in [0.25, 0.3) is 22.3 Å². The van der Waals surface area contributed by atoms with Crippen molar-refractivity contribution >= 4 is 21.2 Å². The van der Waals surface area contributed by atoms with E-state index < -0.39 is 10.0 Å². The van der Waals surface area contributed by atoms with Gasteiger partial charge in [0, 0.05) is 42.2 Å². The van der Waals surface area contributed by atoms with E-state index in [9.17, 15) is 8.42 Å². The van der Waals surface area contributed by atoms with Crippen LogP contribution in [-0.4, -0.2) is 41.5 Å². The number of rotatable bonds is 8. The molecule has 3 heterocycles. The Morgan fingerprint density at radius 2 is 1.88 bits per heavy atom. The van der Waals surface area contributed by atoms with Gasteiger partial charge in [-0.15, -0.1) is 0 Å². The summed E-state index contributed by atoms with van der Waals surface area (Å²) in [6.45, 7) is 0. The number of aromatic amines is 1. The van der Waals surface area contributed by atoms with Gasteiger partial charge in [0.15, 0.2) is 5.65 Å². The zero-order chi connectivity index (χ0) is 22.8. The number of imidazole rings is 1. The largest absolute Gasteiger partial charge is 0.497 e. The molecule has 0 atom stereocenters. The van der Waals surface area contributed by atoms with Gasteiger partial charge >= 0.3 is 0 Å². The van der Waals surface area contributed by atoms with E-state index in [1.807, 2.05) is 30.3 Å². The lowest BCUT2D eigenvalue weighted by molar-refractivity contribution is 0.383. The summed E-state index contributed by atoms with van der Waals surface area (Å²) < 4.78 is 33.0. The van der Waals surface area contributed by atoms with Gasteiger partial charge in [0.1, 0.15) is 11.6 Å². The first-order chi connectivity index (χ1) is 16.0. The Morgan fingerprint density at radius 3 is 2.61 bits per heavy atom. The van der Waals surface area contributed by atoms with E-state index >= 15 is 0 Å². The van der Waals surface area contributed by atoms with E-state index in [0.29, 0.717) is 12.1 Å². The molecule has 170 valence electrons. The Hall–Kier alpha value is -3.30. The molecule has 0 bridgehead atoms. The van der Waals surface area contributed by atoms with Gasteiger partial charge in [-0.05, 0) is 49.1 Å². The molecule has 9 heteroatoms. The zero-order valence-electron chi connectivity index (χ0n) is 18.3. The summed E-state index contributed by atoms with van der Waals surface area (Å²) in [5, 5.41) is 0. The lowest BCUT2D eigenvalue weighted by Crippen LogP contribution is -2.39. The molecule has 33 heavy (non-hydrogen) atoms. The summed E-state index contributed by atoms with van der Waals surface area (Å²) in [4.78, 5) is 17.1. The number of methoxy groups -OCH3 is 1. The Kier molecular flexibility index (Phi) is 5.82. The molecule has 1 aromatic carbocycles. The number of hydrogen-bond acceptors (Lipinski definition) is 6. The van der Waals surface area contributed by atoms with Crippen molar-refractivity contribution in [3.8, 4) is 16.9 Å². The Morgan fingerprint density at radius 1 is 1.06 bits per heavy atom. The van der Waals surface area contributed by atoms with Crippen LogP contribution in [0.4, 0.5) is 0 Å². The van der Waals surface area contributed by atoms with E-state index in [1.165, 1.54) is 0 Å². The number of aromatic nitrogens is 4. The molecule has 0 radical (unpaired) electrons. The summed E-state index contributed by atoms with van der Waals surface area (Å²) in [6, 6.07) is 12.7. The highest BCUT2D eigenvalue weighted by atomic mass is 32.2. The second-order valence-corrected chi connectivity index (χ2v) is 9.95. The standard InChI is InChI=1S/C24H25N5O3S/c1-32-20-11-12-25-19(14-20)7-10-23-27-22-13-17(15-26-24(22)28-23)16-5-8-21(9-6-16)33(30,31)29-18-3-2-4-18/h5-6,8-9,11-15,18,29H,2-4,7,10H2,1H3,(H,26,27,28). The van der Waals surface area contributed by atoms with E-state index in [0.717, 1.165) is 59.6 Å². The molecule has 1 aliphatic rings. The van der Waals surface area contributed by atoms with Crippen molar-refractivity contribution in [1.82, 2.24) is 24.7 Å². The molecule has 1 saturated carbocycles. The smallest absolute Gasteiger partial charge is 0.240 e. The van der Waals surface area contributed by atoms with Crippen LogP contribution < -0.4 is 9.46 Å². The molecule has 0 unspecified atom stereocenters. The van der Waals surface area contributed by atoms with Crippen molar-refractivity contribution in [3.05, 3.63) is 66.4 Å². The van der Waals surface area contributed by atoms with Crippen LogP contribution in [0.3, 0.4) is 0 Å². The molecule has 0 saturated heterocycles. The minimum absolute atomic E-state index is 0.0653. The number of ether oxygens (including phenoxy) is 1. The third kappa shape index (κ3) is 4.74. The van der Waals surface area contributed by atoms with Crippen molar-refractivity contribution in [3.63, 3.8) is 0 Å². The molecule has 3 aromatic heterocycles. The average molecular weight is 464 g/mol. The van der Waals surface area contributed by atoms with Gasteiger partial charge in [-0.1, -0.05) is 18.6 Å². The highest BCUT2D eigenvalue weighted by Crippen LogP contribution is 2.25. The van der Waals surface area contributed by atoms with Crippen LogP contribution >= 0.6 is 0 Å². The predicted octanol–water partition coefficient (Wildman–Crippen LogP) is 3.64. The average Bonchev–Trinajstić information content (AvgIpc) is 3.23. The molecule has 2 N–H and O–H groups in total. The van der Waals surface area contributed by atoms with Crippen LogP contribution in [0.2, 0.25) is 0 Å². The van der Waals surface area contributed by atoms with Gasteiger partial charge in [0.05, 0.1) is 17.5 Å². The molecule has 1 aliphatic carbocycles. The summed E-state index contributed by atoms with van der Waals surface area (Å²) in [6.07, 6.45) is 7.82. The minimum atomic E-state index is -3.48. The number of nitrogens with zero attached hydrogens (tertiary/aromatic N) is 3. The van der Waals surface area contributed by atoms with Gasteiger partial charge in [-0.25, -0.2) is 23.1 Å². The molecule has 0 aliphatic heterocycles. The lowest BCUT2D eigenvalue weighted by atomic mass is 9.94. The Balaban J connectivity index is 1.31. The van der Waals surface area contributed by atoms with E-state index in [-0.39, 0.29) is 10.9 Å². The summed E-state index contributed by atoms with van der Waals surface area (Å²) in [7, 11) is -1.84. The SMILES string of the molecule is COc1ccnc(CCc2nc3ncc(-c4ccc(S(=O)(=O)NC5CCC5)cc4)cc3[nH]2)c1. The van der Waals surface area contributed by atoms with Gasteiger partial charge in [-0.2, -0.15) is 0 Å². The van der Waals surface area contributed by atoms with Gasteiger partial charge in [0.2, 0.25) is 10.0 Å². The van der Waals surface area contributed by atoms with Crippen LogP contribution in [-0.2, 0) is 22.9 Å². The molecule has 4 aromatic rings.